The summed E-state index contributed by atoms with van der Waals surface area (Å²) < 4.78 is 68.9. The summed E-state index contributed by atoms with van der Waals surface area (Å²) in [7, 11) is -9.93. The van der Waals surface area contributed by atoms with Crippen LogP contribution >= 0.6 is 15.6 Å². The van der Waals surface area contributed by atoms with Gasteiger partial charge < -0.3 is 33.8 Å². The summed E-state index contributed by atoms with van der Waals surface area (Å²) in [6.45, 7) is 7.36. The van der Waals surface area contributed by atoms with Gasteiger partial charge in [-0.2, -0.15) is 0 Å². The summed E-state index contributed by atoms with van der Waals surface area (Å²) in [5, 5.41) is 10.7. The molecule has 19 heteroatoms. The van der Waals surface area contributed by atoms with Crippen LogP contribution in [0.4, 0.5) is 0 Å². The van der Waals surface area contributed by atoms with Crippen LogP contribution in [-0.4, -0.2) is 96.7 Å². The van der Waals surface area contributed by atoms with E-state index in [9.17, 15) is 43.2 Å². The second-order valence-electron chi connectivity index (χ2n) is 32.1. The summed E-state index contributed by atoms with van der Waals surface area (Å²) in [6.07, 6.45) is 75.1. The molecule has 0 fully saturated rings. The van der Waals surface area contributed by atoms with Crippen molar-refractivity contribution >= 4 is 39.5 Å². The lowest BCUT2D eigenvalue weighted by atomic mass is 10.0. The van der Waals surface area contributed by atoms with E-state index in [2.05, 4.69) is 34.6 Å². The van der Waals surface area contributed by atoms with E-state index in [0.29, 0.717) is 25.7 Å². The van der Waals surface area contributed by atoms with Crippen molar-refractivity contribution in [2.75, 3.05) is 39.6 Å². The van der Waals surface area contributed by atoms with Crippen LogP contribution in [0.25, 0.3) is 0 Å². The highest BCUT2D eigenvalue weighted by atomic mass is 31.2. The average Bonchev–Trinajstić information content (AvgIpc) is 0.903. The molecule has 0 aromatic carbocycles. The molecule has 0 saturated heterocycles. The summed E-state index contributed by atoms with van der Waals surface area (Å²) in [4.78, 5) is 73.3. The molecule has 3 N–H and O–H groups in total. The van der Waals surface area contributed by atoms with Gasteiger partial charge in [0.2, 0.25) is 0 Å². The van der Waals surface area contributed by atoms with Crippen molar-refractivity contribution in [3.63, 3.8) is 0 Å². The first-order valence-electron chi connectivity index (χ1n) is 45.6. The number of hydrogen-bond acceptors (Lipinski definition) is 15. The van der Waals surface area contributed by atoms with Gasteiger partial charge in [-0.05, 0) is 31.6 Å². The summed E-state index contributed by atoms with van der Waals surface area (Å²) in [5.74, 6) is -1.35. The molecule has 0 aliphatic carbocycles. The number of ether oxygens (including phenoxy) is 4. The third kappa shape index (κ3) is 81.9. The van der Waals surface area contributed by atoms with Crippen molar-refractivity contribution in [3.8, 4) is 0 Å². The topological polar surface area (TPSA) is 237 Å². The second-order valence-corrected chi connectivity index (χ2v) is 35.0. The van der Waals surface area contributed by atoms with Crippen molar-refractivity contribution in [2.45, 2.75) is 496 Å². The van der Waals surface area contributed by atoms with Crippen molar-refractivity contribution in [1.82, 2.24) is 0 Å². The minimum Gasteiger partial charge on any atom is -0.462 e. The maximum Gasteiger partial charge on any atom is 0.472 e. The molecule has 5 atom stereocenters. The summed E-state index contributed by atoms with van der Waals surface area (Å²) >= 11 is 0. The van der Waals surface area contributed by atoms with Crippen LogP contribution < -0.4 is 0 Å². The molecule has 0 spiro atoms. The highest BCUT2D eigenvalue weighted by Gasteiger charge is 2.30. The van der Waals surface area contributed by atoms with E-state index in [0.717, 1.165) is 95.8 Å². The fourth-order valence-corrected chi connectivity index (χ4v) is 15.4. The maximum absolute atomic E-state index is 13.2. The first-order valence-corrected chi connectivity index (χ1v) is 48.6. The molecule has 0 aliphatic rings. The molecule has 0 heterocycles. The molecule has 17 nitrogen and oxygen atoms in total. The zero-order valence-corrected chi connectivity index (χ0v) is 72.1. The normalized spacial score (nSPS) is 13.7. The number of unbranched alkanes of at least 4 members (excludes halogenated alkanes) is 60. The molecule has 107 heavy (non-hydrogen) atoms. The molecule has 0 saturated carbocycles. The van der Waals surface area contributed by atoms with Gasteiger partial charge in [-0.1, -0.05) is 426 Å². The fourth-order valence-electron chi connectivity index (χ4n) is 13.8. The van der Waals surface area contributed by atoms with E-state index in [4.69, 9.17) is 37.0 Å². The molecule has 0 amide bonds. The molecule has 2 unspecified atom stereocenters. The average molecular weight is 1560 g/mol. The Morgan fingerprint density at radius 3 is 0.636 bits per heavy atom. The van der Waals surface area contributed by atoms with Crippen molar-refractivity contribution in [1.29, 1.82) is 0 Å². The lowest BCUT2D eigenvalue weighted by Crippen LogP contribution is -2.30. The van der Waals surface area contributed by atoms with Gasteiger partial charge in [-0.3, -0.25) is 37.3 Å². The van der Waals surface area contributed by atoms with Crippen LogP contribution in [0.3, 0.4) is 0 Å². The van der Waals surface area contributed by atoms with Gasteiger partial charge in [-0.25, -0.2) is 9.13 Å². The molecule has 0 aromatic rings. The number of carbonyl (C=O) groups excluding carboxylic acids is 4. The molecule has 0 aromatic heterocycles. The second kappa shape index (κ2) is 80.7. The number of phosphoric ester groups is 2. The molecule has 636 valence electrons. The Bertz CT molecular complexity index is 2030. The number of rotatable bonds is 88. The Morgan fingerprint density at radius 2 is 0.430 bits per heavy atom. The van der Waals surface area contributed by atoms with Gasteiger partial charge in [0.25, 0.3) is 0 Å². The van der Waals surface area contributed by atoms with E-state index in [1.165, 1.54) is 302 Å². The first-order chi connectivity index (χ1) is 52.0. The van der Waals surface area contributed by atoms with E-state index >= 15 is 0 Å². The third-order valence-corrected chi connectivity index (χ3v) is 22.7. The first kappa shape index (κ1) is 105. The lowest BCUT2D eigenvalue weighted by molar-refractivity contribution is -0.161. The smallest absolute Gasteiger partial charge is 0.462 e. The minimum atomic E-state index is -4.97. The van der Waals surface area contributed by atoms with Crippen LogP contribution in [0, 0.1) is 5.92 Å². The highest BCUT2D eigenvalue weighted by molar-refractivity contribution is 7.47. The molecule has 0 radical (unpaired) electrons. The Labute approximate surface area is 658 Å². The Morgan fingerprint density at radius 1 is 0.252 bits per heavy atom. The van der Waals surface area contributed by atoms with Gasteiger partial charge >= 0.3 is 39.5 Å². The van der Waals surface area contributed by atoms with Crippen molar-refractivity contribution < 1.29 is 80.2 Å². The fraction of sp³-hybridized carbons (Fsp3) is 0.955. The largest absolute Gasteiger partial charge is 0.472 e. The van der Waals surface area contributed by atoms with E-state index in [-0.39, 0.29) is 25.7 Å². The lowest BCUT2D eigenvalue weighted by Gasteiger charge is -2.21. The van der Waals surface area contributed by atoms with Crippen LogP contribution in [-0.2, 0) is 65.4 Å². The number of esters is 4. The summed E-state index contributed by atoms with van der Waals surface area (Å²) in [5.41, 5.74) is 0. The SMILES string of the molecule is CCCCCCCCCCCCCCCCCCCCCCCC(=O)OC[C@H](COP(=O)(O)OC[C@@H](O)COP(=O)(O)OC[C@@H](COC(=O)CCCCCCCCCCCCCC)OC(=O)CCCCCCCCCCCCC(C)C)OC(=O)CCCCCCCCCCCCCCCCCCCCCCC. The third-order valence-electron chi connectivity index (χ3n) is 20.8. The zero-order valence-electron chi connectivity index (χ0n) is 70.3. The van der Waals surface area contributed by atoms with Crippen LogP contribution in [0.2, 0.25) is 0 Å². The number of phosphoric acid groups is 2. The number of hydrogen-bond donors (Lipinski definition) is 3. The van der Waals surface area contributed by atoms with Crippen LogP contribution in [0.15, 0.2) is 0 Å². The number of aliphatic hydroxyl groups is 1. The zero-order chi connectivity index (χ0) is 78.3. The van der Waals surface area contributed by atoms with Gasteiger partial charge in [-0.15, -0.1) is 0 Å². The van der Waals surface area contributed by atoms with E-state index in [1.807, 2.05) is 0 Å². The van der Waals surface area contributed by atoms with Gasteiger partial charge in [0.1, 0.15) is 19.3 Å². The molecular formula is C88H172O17P2. The quantitative estimate of drug-likeness (QED) is 0.0222. The monoisotopic (exact) mass is 1560 g/mol. The Kier molecular flexibility index (Phi) is 79.2. The van der Waals surface area contributed by atoms with Crippen molar-refractivity contribution in [3.05, 3.63) is 0 Å². The summed E-state index contributed by atoms with van der Waals surface area (Å²) in [6, 6.07) is 0. The highest BCUT2D eigenvalue weighted by Crippen LogP contribution is 2.45. The van der Waals surface area contributed by atoms with Crippen LogP contribution in [0.1, 0.15) is 478 Å². The predicted molar refractivity (Wildman–Crippen MR) is 442 cm³/mol. The standard InChI is InChI=1S/C88H172O17P2/c1-6-9-12-15-18-21-24-27-29-31-33-35-37-39-41-43-46-52-57-62-67-72-86(91)99-77-83(104-87(92)73-68-63-58-53-47-44-42-40-38-36-34-32-30-28-25-22-19-16-13-10-7-2)79-102-106(94,95)100-75-82(89)76-101-107(96,97)103-80-84(78-98-85(90)71-66-61-56-51-45-26-23-20-17-14-11-8-3)105-88(93)74-69-64-59-54-49-48-50-55-60-65-70-81(4)5/h81-84,89H,6-80H2,1-5H3,(H,94,95)(H,96,97)/t82-,83-,84-/m1/s1. The molecular weight excluding hydrogens is 1390 g/mol. The molecule has 0 rings (SSSR count). The predicted octanol–water partition coefficient (Wildman–Crippen LogP) is 27.2. The van der Waals surface area contributed by atoms with E-state index in [1.54, 1.807) is 0 Å². The molecule has 0 aliphatic heterocycles. The molecule has 0 bridgehead atoms. The minimum absolute atomic E-state index is 0.107. The maximum atomic E-state index is 13.2. The van der Waals surface area contributed by atoms with E-state index < -0.39 is 97.5 Å². The van der Waals surface area contributed by atoms with Crippen molar-refractivity contribution in [2.24, 2.45) is 5.92 Å². The Hall–Kier alpha value is -1.94. The van der Waals surface area contributed by atoms with Gasteiger partial charge in [0, 0.05) is 25.7 Å². The number of aliphatic hydroxyl groups excluding tert-OH is 1. The van der Waals surface area contributed by atoms with Crippen LogP contribution in [0.5, 0.6) is 0 Å². The van der Waals surface area contributed by atoms with Gasteiger partial charge in [0.15, 0.2) is 12.2 Å². The van der Waals surface area contributed by atoms with Gasteiger partial charge in [0.05, 0.1) is 26.4 Å². The number of carbonyl (C=O) groups is 4. The Balaban J connectivity index is 5.22.